The second-order valence-electron chi connectivity index (χ2n) is 4.59. The number of anilines is 1. The van der Waals surface area contributed by atoms with E-state index in [9.17, 15) is 4.79 Å². The van der Waals surface area contributed by atoms with Gasteiger partial charge in [0.25, 0.3) is 5.91 Å². The number of carbonyl (C=O) groups is 1. The van der Waals surface area contributed by atoms with Crippen molar-refractivity contribution in [2.75, 3.05) is 5.32 Å². The minimum Gasteiger partial charge on any atom is -0.326 e. The summed E-state index contributed by atoms with van der Waals surface area (Å²) < 4.78 is 0. The Morgan fingerprint density at radius 3 is 2.33 bits per heavy atom. The third-order valence-corrected chi connectivity index (χ3v) is 3.19. The molecular formula is C15H19N5O. The molecule has 1 aromatic heterocycles. The molecule has 0 aliphatic rings. The van der Waals surface area contributed by atoms with Crippen molar-refractivity contribution in [1.29, 1.82) is 0 Å². The van der Waals surface area contributed by atoms with Gasteiger partial charge >= 0.3 is 0 Å². The van der Waals surface area contributed by atoms with Crippen molar-refractivity contribution < 1.29 is 4.79 Å². The lowest BCUT2D eigenvalue weighted by Gasteiger charge is -2.07. The normalized spacial score (nSPS) is 10.4. The van der Waals surface area contributed by atoms with Gasteiger partial charge in [-0.2, -0.15) is 0 Å². The molecule has 0 saturated heterocycles. The molecule has 3 N–H and O–H groups in total. The molecule has 0 aliphatic carbocycles. The molecule has 0 radical (unpaired) electrons. The zero-order valence-electron chi connectivity index (χ0n) is 12.3. The summed E-state index contributed by atoms with van der Waals surface area (Å²) >= 11 is 0. The van der Waals surface area contributed by atoms with Gasteiger partial charge in [0.2, 0.25) is 5.95 Å². The number of hydrogen-bond acceptors (Lipinski definition) is 5. The van der Waals surface area contributed by atoms with Crippen LogP contribution in [-0.4, -0.2) is 21.1 Å². The van der Waals surface area contributed by atoms with E-state index in [0.717, 1.165) is 29.8 Å². The Balaban J connectivity index is 2.14. The smallest absolute Gasteiger partial charge is 0.258 e. The maximum Gasteiger partial charge on any atom is 0.258 e. The minimum atomic E-state index is -0.258. The quantitative estimate of drug-likeness (QED) is 0.872. The first kappa shape index (κ1) is 15.1. The van der Waals surface area contributed by atoms with Crippen LogP contribution in [0.5, 0.6) is 0 Å². The Kier molecular flexibility index (Phi) is 4.94. The molecular weight excluding hydrogens is 266 g/mol. The van der Waals surface area contributed by atoms with Gasteiger partial charge in [-0.1, -0.05) is 26.0 Å². The molecule has 0 saturated carbocycles. The number of nitrogens with one attached hydrogen (secondary N) is 1. The highest BCUT2D eigenvalue weighted by atomic mass is 16.1. The third kappa shape index (κ3) is 3.61. The molecule has 110 valence electrons. The van der Waals surface area contributed by atoms with E-state index in [2.05, 4.69) is 20.5 Å². The molecule has 6 heteroatoms. The van der Waals surface area contributed by atoms with Crippen molar-refractivity contribution in [3.05, 3.63) is 46.8 Å². The summed E-state index contributed by atoms with van der Waals surface area (Å²) in [4.78, 5) is 16.5. The third-order valence-electron chi connectivity index (χ3n) is 3.19. The van der Waals surface area contributed by atoms with Crippen LogP contribution in [0.3, 0.4) is 0 Å². The number of benzene rings is 1. The molecule has 1 heterocycles. The summed E-state index contributed by atoms with van der Waals surface area (Å²) in [6.45, 7) is 4.45. The van der Waals surface area contributed by atoms with Crippen LogP contribution >= 0.6 is 0 Å². The van der Waals surface area contributed by atoms with Crippen molar-refractivity contribution in [3.8, 4) is 0 Å². The fraction of sp³-hybridized carbons (Fsp3) is 0.333. The molecule has 1 aromatic carbocycles. The highest BCUT2D eigenvalue weighted by Crippen LogP contribution is 2.09. The van der Waals surface area contributed by atoms with Crippen molar-refractivity contribution >= 4 is 11.9 Å². The summed E-state index contributed by atoms with van der Waals surface area (Å²) in [7, 11) is 0. The summed E-state index contributed by atoms with van der Waals surface area (Å²) in [5.74, 6) is -0.0244. The highest BCUT2D eigenvalue weighted by molar-refractivity contribution is 6.03. The predicted molar refractivity (Wildman–Crippen MR) is 80.9 cm³/mol. The molecule has 0 unspecified atom stereocenters. The molecule has 0 aliphatic heterocycles. The van der Waals surface area contributed by atoms with Crippen LogP contribution in [0, 0.1) is 0 Å². The van der Waals surface area contributed by atoms with E-state index in [1.165, 1.54) is 0 Å². The lowest BCUT2D eigenvalue weighted by atomic mass is 10.1. The Morgan fingerprint density at radius 1 is 1.10 bits per heavy atom. The number of aromatic nitrogens is 3. The van der Waals surface area contributed by atoms with Gasteiger partial charge in [-0.3, -0.25) is 10.1 Å². The summed E-state index contributed by atoms with van der Waals surface area (Å²) in [5.41, 5.74) is 8.77. The first-order valence-corrected chi connectivity index (χ1v) is 7.00. The topological polar surface area (TPSA) is 93.8 Å². The van der Waals surface area contributed by atoms with Gasteiger partial charge < -0.3 is 5.73 Å². The number of nitrogens with zero attached hydrogens (tertiary/aromatic N) is 3. The van der Waals surface area contributed by atoms with Crippen molar-refractivity contribution in [2.45, 2.75) is 33.2 Å². The predicted octanol–water partition coefficient (Wildman–Crippen LogP) is 1.71. The van der Waals surface area contributed by atoms with Crippen LogP contribution in [0.25, 0.3) is 0 Å². The van der Waals surface area contributed by atoms with Gasteiger partial charge in [0, 0.05) is 12.1 Å². The Labute approximate surface area is 123 Å². The molecule has 0 bridgehead atoms. The average Bonchev–Trinajstić information content (AvgIpc) is 2.54. The number of aryl methyl sites for hydroxylation is 2. The van der Waals surface area contributed by atoms with Crippen molar-refractivity contribution in [3.63, 3.8) is 0 Å². The standard InChI is InChI=1S/C15H19N5O/c1-3-12-13(4-2)19-20-15(17-12)18-14(21)11-7-5-10(9-16)6-8-11/h5-8H,3-4,9,16H2,1-2H3,(H,17,18,20,21). The molecule has 2 rings (SSSR count). The van der Waals surface area contributed by atoms with Gasteiger partial charge in [-0.15, -0.1) is 10.2 Å². The number of carbonyl (C=O) groups excluding carboxylic acids is 1. The fourth-order valence-electron chi connectivity index (χ4n) is 1.96. The van der Waals surface area contributed by atoms with E-state index in [0.29, 0.717) is 12.1 Å². The molecule has 21 heavy (non-hydrogen) atoms. The van der Waals surface area contributed by atoms with E-state index in [-0.39, 0.29) is 11.9 Å². The summed E-state index contributed by atoms with van der Waals surface area (Å²) in [5, 5.41) is 10.7. The number of amides is 1. The lowest BCUT2D eigenvalue weighted by molar-refractivity contribution is 0.102. The maximum absolute atomic E-state index is 12.1. The Hall–Kier alpha value is -2.34. The van der Waals surface area contributed by atoms with Gasteiger partial charge in [-0.25, -0.2) is 4.98 Å². The van der Waals surface area contributed by atoms with E-state index < -0.39 is 0 Å². The summed E-state index contributed by atoms with van der Waals surface area (Å²) in [6.07, 6.45) is 1.53. The molecule has 6 nitrogen and oxygen atoms in total. The molecule has 0 fully saturated rings. The van der Waals surface area contributed by atoms with Crippen LogP contribution in [0.1, 0.15) is 41.2 Å². The zero-order valence-corrected chi connectivity index (χ0v) is 12.3. The monoisotopic (exact) mass is 285 g/mol. The molecule has 1 amide bonds. The largest absolute Gasteiger partial charge is 0.326 e. The Bertz CT molecular complexity index is 624. The van der Waals surface area contributed by atoms with Crippen LogP contribution in [0.4, 0.5) is 5.95 Å². The number of hydrogen-bond donors (Lipinski definition) is 2. The number of rotatable bonds is 5. The molecule has 0 spiro atoms. The molecule has 0 atom stereocenters. The Morgan fingerprint density at radius 2 is 1.76 bits per heavy atom. The summed E-state index contributed by atoms with van der Waals surface area (Å²) in [6, 6.07) is 7.11. The van der Waals surface area contributed by atoms with Crippen LogP contribution in [-0.2, 0) is 19.4 Å². The minimum absolute atomic E-state index is 0.233. The number of nitrogens with two attached hydrogens (primary N) is 1. The highest BCUT2D eigenvalue weighted by Gasteiger charge is 2.10. The lowest BCUT2D eigenvalue weighted by Crippen LogP contribution is -2.16. The maximum atomic E-state index is 12.1. The second kappa shape index (κ2) is 6.90. The second-order valence-corrected chi connectivity index (χ2v) is 4.59. The SMILES string of the molecule is CCc1nnc(NC(=O)c2ccc(CN)cc2)nc1CC. The molecule has 2 aromatic rings. The van der Waals surface area contributed by atoms with Crippen LogP contribution in [0.2, 0.25) is 0 Å². The van der Waals surface area contributed by atoms with Gasteiger partial charge in [0.05, 0.1) is 11.4 Å². The van der Waals surface area contributed by atoms with Gasteiger partial charge in [0.1, 0.15) is 0 Å². The van der Waals surface area contributed by atoms with Crippen molar-refractivity contribution in [1.82, 2.24) is 15.2 Å². The van der Waals surface area contributed by atoms with Gasteiger partial charge in [0.15, 0.2) is 0 Å². The van der Waals surface area contributed by atoms with Crippen LogP contribution in [0.15, 0.2) is 24.3 Å². The van der Waals surface area contributed by atoms with Crippen molar-refractivity contribution in [2.24, 2.45) is 5.73 Å². The average molecular weight is 285 g/mol. The first-order valence-electron chi connectivity index (χ1n) is 7.00. The first-order chi connectivity index (χ1) is 10.2. The fourth-order valence-corrected chi connectivity index (χ4v) is 1.96. The van der Waals surface area contributed by atoms with E-state index in [1.54, 1.807) is 12.1 Å². The zero-order chi connectivity index (χ0) is 15.2. The van der Waals surface area contributed by atoms with Crippen LogP contribution < -0.4 is 11.1 Å². The van der Waals surface area contributed by atoms with E-state index in [1.807, 2.05) is 26.0 Å². The van der Waals surface area contributed by atoms with Gasteiger partial charge in [-0.05, 0) is 30.5 Å². The van der Waals surface area contributed by atoms with E-state index >= 15 is 0 Å². The van der Waals surface area contributed by atoms with E-state index in [4.69, 9.17) is 5.73 Å².